The van der Waals surface area contributed by atoms with Crippen LogP contribution in [-0.2, 0) is 0 Å². The summed E-state index contributed by atoms with van der Waals surface area (Å²) in [6.07, 6.45) is 1.66. The molecule has 7 heteroatoms. The molecular formula is C21H22N2O5. The summed E-state index contributed by atoms with van der Waals surface area (Å²) < 4.78 is 23.0. The maximum atomic E-state index is 12.2. The van der Waals surface area contributed by atoms with Crippen molar-refractivity contribution in [1.82, 2.24) is 9.78 Å². The average Bonchev–Trinajstić information content (AvgIpc) is 3.18. The highest BCUT2D eigenvalue weighted by atomic mass is 16.5. The Kier molecular flexibility index (Phi) is 5.54. The van der Waals surface area contributed by atoms with Gasteiger partial charge in [-0.3, -0.25) is 4.79 Å². The Morgan fingerprint density at radius 1 is 0.893 bits per heavy atom. The van der Waals surface area contributed by atoms with Crippen LogP contribution in [0.25, 0.3) is 22.4 Å². The summed E-state index contributed by atoms with van der Waals surface area (Å²) in [5.74, 6) is 1.96. The van der Waals surface area contributed by atoms with Gasteiger partial charge in [0.1, 0.15) is 5.75 Å². The van der Waals surface area contributed by atoms with Crippen molar-refractivity contribution in [1.29, 1.82) is 0 Å². The Labute approximate surface area is 163 Å². The fourth-order valence-electron chi connectivity index (χ4n) is 3.08. The first kappa shape index (κ1) is 19.3. The van der Waals surface area contributed by atoms with Gasteiger partial charge in [-0.15, -0.1) is 0 Å². The van der Waals surface area contributed by atoms with Crippen LogP contribution < -0.4 is 18.9 Å². The van der Waals surface area contributed by atoms with Crippen LogP contribution in [0, 0.1) is 0 Å². The summed E-state index contributed by atoms with van der Waals surface area (Å²) in [6, 6.07) is 11.2. The van der Waals surface area contributed by atoms with Gasteiger partial charge in [0, 0.05) is 18.1 Å². The summed E-state index contributed by atoms with van der Waals surface area (Å²) in [6.45, 7) is 1.46. The molecule has 1 aromatic heterocycles. The van der Waals surface area contributed by atoms with Crippen molar-refractivity contribution < 1.29 is 23.7 Å². The highest BCUT2D eigenvalue weighted by Crippen LogP contribution is 2.43. The van der Waals surface area contributed by atoms with E-state index in [1.807, 2.05) is 24.3 Å². The molecule has 0 amide bonds. The maximum Gasteiger partial charge on any atom is 0.244 e. The van der Waals surface area contributed by atoms with Crippen molar-refractivity contribution in [3.05, 3.63) is 42.6 Å². The van der Waals surface area contributed by atoms with Gasteiger partial charge in [0.15, 0.2) is 11.5 Å². The molecule has 2 aromatic carbocycles. The van der Waals surface area contributed by atoms with Gasteiger partial charge in [0.05, 0.1) is 40.3 Å². The topological polar surface area (TPSA) is 71.8 Å². The Morgan fingerprint density at radius 2 is 1.57 bits per heavy atom. The highest BCUT2D eigenvalue weighted by molar-refractivity contribution is 5.90. The lowest BCUT2D eigenvalue weighted by atomic mass is 10.0. The van der Waals surface area contributed by atoms with Gasteiger partial charge in [-0.05, 0) is 29.8 Å². The summed E-state index contributed by atoms with van der Waals surface area (Å²) in [5.41, 5.74) is 2.99. The molecule has 0 radical (unpaired) electrons. The predicted octanol–water partition coefficient (Wildman–Crippen LogP) is 3.91. The zero-order valence-corrected chi connectivity index (χ0v) is 16.5. The van der Waals surface area contributed by atoms with E-state index in [1.165, 1.54) is 11.6 Å². The molecule has 1 heterocycles. The van der Waals surface area contributed by atoms with E-state index in [0.29, 0.717) is 34.3 Å². The molecule has 0 saturated carbocycles. The number of ether oxygens (including phenoxy) is 4. The van der Waals surface area contributed by atoms with E-state index in [9.17, 15) is 4.79 Å². The first-order valence-electron chi connectivity index (χ1n) is 8.57. The number of nitrogens with zero attached hydrogens (tertiary/aromatic N) is 2. The van der Waals surface area contributed by atoms with Crippen LogP contribution in [0.15, 0.2) is 42.6 Å². The minimum atomic E-state index is -0.210. The van der Waals surface area contributed by atoms with Gasteiger partial charge < -0.3 is 18.9 Å². The van der Waals surface area contributed by atoms with Crippen LogP contribution >= 0.6 is 0 Å². The number of benzene rings is 2. The standard InChI is InChI=1S/C21H22N2O5/c1-13(24)23-20(15-10-18(26-3)21(28-5)19(11-15)27-4)17(12-22-23)14-7-6-8-16(9-14)25-2/h6-12H,1-5H3. The molecule has 28 heavy (non-hydrogen) atoms. The monoisotopic (exact) mass is 382 g/mol. The molecule has 3 aromatic rings. The quantitative estimate of drug-likeness (QED) is 0.644. The third-order valence-electron chi connectivity index (χ3n) is 4.39. The minimum absolute atomic E-state index is 0.210. The van der Waals surface area contributed by atoms with Gasteiger partial charge >= 0.3 is 0 Å². The second-order valence-electron chi connectivity index (χ2n) is 5.98. The van der Waals surface area contributed by atoms with Gasteiger partial charge in [-0.1, -0.05) is 12.1 Å². The molecule has 146 valence electrons. The molecule has 0 bridgehead atoms. The molecule has 0 aliphatic rings. The van der Waals surface area contributed by atoms with E-state index >= 15 is 0 Å². The third kappa shape index (κ3) is 3.38. The van der Waals surface area contributed by atoms with Crippen molar-refractivity contribution >= 4 is 5.91 Å². The molecule has 0 N–H and O–H groups in total. The summed E-state index contributed by atoms with van der Waals surface area (Å²) in [4.78, 5) is 12.2. The molecule has 0 unspecified atom stereocenters. The van der Waals surface area contributed by atoms with Crippen LogP contribution in [0.1, 0.15) is 11.7 Å². The fraction of sp³-hybridized carbons (Fsp3) is 0.238. The van der Waals surface area contributed by atoms with Crippen LogP contribution in [0.3, 0.4) is 0 Å². The van der Waals surface area contributed by atoms with Gasteiger partial charge in [0.2, 0.25) is 11.7 Å². The zero-order chi connectivity index (χ0) is 20.3. The van der Waals surface area contributed by atoms with E-state index in [4.69, 9.17) is 18.9 Å². The van der Waals surface area contributed by atoms with Crippen molar-refractivity contribution in [3.8, 4) is 45.4 Å². The number of rotatable bonds is 6. The van der Waals surface area contributed by atoms with Crippen molar-refractivity contribution in [2.24, 2.45) is 0 Å². The Morgan fingerprint density at radius 3 is 2.11 bits per heavy atom. The number of carbonyl (C=O) groups is 1. The number of hydrogen-bond donors (Lipinski definition) is 0. The first-order valence-corrected chi connectivity index (χ1v) is 8.57. The van der Waals surface area contributed by atoms with E-state index in [1.54, 1.807) is 46.8 Å². The molecule has 7 nitrogen and oxygen atoms in total. The second-order valence-corrected chi connectivity index (χ2v) is 5.98. The summed E-state index contributed by atoms with van der Waals surface area (Å²) >= 11 is 0. The smallest absolute Gasteiger partial charge is 0.244 e. The Hall–Kier alpha value is -3.48. The molecule has 0 aliphatic heterocycles. The molecule has 0 aliphatic carbocycles. The maximum absolute atomic E-state index is 12.2. The van der Waals surface area contributed by atoms with E-state index in [0.717, 1.165) is 11.1 Å². The number of carbonyl (C=O) groups excluding carboxylic acids is 1. The normalized spacial score (nSPS) is 10.5. The Bertz CT molecular complexity index is 985. The van der Waals surface area contributed by atoms with Crippen LogP contribution in [-0.4, -0.2) is 44.1 Å². The lowest BCUT2D eigenvalue weighted by Crippen LogP contribution is -2.09. The lowest BCUT2D eigenvalue weighted by molar-refractivity contribution is 0.0923. The van der Waals surface area contributed by atoms with Crippen molar-refractivity contribution in [2.45, 2.75) is 6.92 Å². The van der Waals surface area contributed by atoms with Crippen LogP contribution in [0.4, 0.5) is 0 Å². The second kappa shape index (κ2) is 8.04. The van der Waals surface area contributed by atoms with E-state index < -0.39 is 0 Å². The van der Waals surface area contributed by atoms with Gasteiger partial charge in [0.25, 0.3) is 0 Å². The first-order chi connectivity index (χ1) is 13.5. The average molecular weight is 382 g/mol. The Balaban J connectivity index is 2.29. The molecule has 3 rings (SSSR count). The van der Waals surface area contributed by atoms with E-state index in [2.05, 4.69) is 5.10 Å². The van der Waals surface area contributed by atoms with Gasteiger partial charge in [-0.25, -0.2) is 0 Å². The predicted molar refractivity (Wildman–Crippen MR) is 106 cm³/mol. The number of hydrogen-bond acceptors (Lipinski definition) is 6. The molecule has 0 fully saturated rings. The van der Waals surface area contributed by atoms with Crippen molar-refractivity contribution in [3.63, 3.8) is 0 Å². The highest BCUT2D eigenvalue weighted by Gasteiger charge is 2.21. The van der Waals surface area contributed by atoms with Crippen LogP contribution in [0.2, 0.25) is 0 Å². The number of aromatic nitrogens is 2. The SMILES string of the molecule is COc1cccc(-c2cnn(C(C)=O)c2-c2cc(OC)c(OC)c(OC)c2)c1. The van der Waals surface area contributed by atoms with E-state index in [-0.39, 0.29) is 5.91 Å². The summed E-state index contributed by atoms with van der Waals surface area (Å²) in [5, 5.41) is 4.29. The molecule has 0 saturated heterocycles. The van der Waals surface area contributed by atoms with Crippen molar-refractivity contribution in [2.75, 3.05) is 28.4 Å². The van der Waals surface area contributed by atoms with Crippen LogP contribution in [0.5, 0.6) is 23.0 Å². The zero-order valence-electron chi connectivity index (χ0n) is 16.5. The minimum Gasteiger partial charge on any atom is -0.497 e. The third-order valence-corrected chi connectivity index (χ3v) is 4.39. The molecular weight excluding hydrogens is 360 g/mol. The van der Waals surface area contributed by atoms with Gasteiger partial charge in [-0.2, -0.15) is 9.78 Å². The molecule has 0 spiro atoms. The molecule has 0 atom stereocenters. The largest absolute Gasteiger partial charge is 0.497 e. The number of methoxy groups -OCH3 is 4. The fourth-order valence-corrected chi connectivity index (χ4v) is 3.08. The summed E-state index contributed by atoms with van der Waals surface area (Å²) in [7, 11) is 6.25. The lowest BCUT2D eigenvalue weighted by Gasteiger charge is -2.15.